The van der Waals surface area contributed by atoms with E-state index >= 15 is 0 Å². The number of hydrogen-bond acceptors (Lipinski definition) is 1. The SMILES string of the molecule is CC.Nc1ccc(C2=Cc3cccc4cccc2c34)cc1. The molecule has 2 N–H and O–H groups in total. The fourth-order valence-electron chi connectivity index (χ4n) is 2.85. The van der Waals surface area contributed by atoms with Gasteiger partial charge in [0.05, 0.1) is 0 Å². The molecule has 0 spiro atoms. The van der Waals surface area contributed by atoms with Gasteiger partial charge in [-0.15, -0.1) is 0 Å². The quantitative estimate of drug-likeness (QED) is 0.465. The molecule has 104 valence electrons. The van der Waals surface area contributed by atoms with Gasteiger partial charge in [-0.3, -0.25) is 0 Å². The van der Waals surface area contributed by atoms with Crippen LogP contribution in [0.5, 0.6) is 0 Å². The van der Waals surface area contributed by atoms with E-state index in [0.717, 1.165) is 5.69 Å². The number of rotatable bonds is 1. The Morgan fingerprint density at radius 2 is 1.43 bits per heavy atom. The second kappa shape index (κ2) is 5.45. The molecule has 0 radical (unpaired) electrons. The van der Waals surface area contributed by atoms with Crippen LogP contribution in [-0.2, 0) is 0 Å². The minimum absolute atomic E-state index is 0.804. The van der Waals surface area contributed by atoms with Crippen LogP contribution in [0.1, 0.15) is 30.5 Å². The highest BCUT2D eigenvalue weighted by Gasteiger charge is 2.16. The number of nitrogen functional groups attached to an aromatic ring is 1. The summed E-state index contributed by atoms with van der Waals surface area (Å²) in [5.74, 6) is 0. The number of benzene rings is 3. The first-order valence-electron chi connectivity index (χ1n) is 7.43. The van der Waals surface area contributed by atoms with Gasteiger partial charge in [-0.05, 0) is 51.2 Å². The van der Waals surface area contributed by atoms with E-state index in [4.69, 9.17) is 5.73 Å². The fraction of sp³-hybridized carbons (Fsp3) is 0.100. The molecule has 4 rings (SSSR count). The predicted molar refractivity (Wildman–Crippen MR) is 93.1 cm³/mol. The van der Waals surface area contributed by atoms with Crippen LogP contribution in [-0.4, -0.2) is 0 Å². The highest BCUT2D eigenvalue weighted by molar-refractivity contribution is 6.12. The molecule has 0 amide bonds. The van der Waals surface area contributed by atoms with Crippen molar-refractivity contribution in [1.82, 2.24) is 0 Å². The lowest BCUT2D eigenvalue weighted by molar-refractivity contribution is 1.50. The first kappa shape index (κ1) is 13.4. The third-order valence-electron chi connectivity index (χ3n) is 3.75. The van der Waals surface area contributed by atoms with Crippen molar-refractivity contribution in [3.63, 3.8) is 0 Å². The number of nitrogens with two attached hydrogens (primary N) is 1. The standard InChI is InChI=1S/C18H13N.C2H6/c19-15-9-7-12(8-10-15)17-11-14-5-1-3-13-4-2-6-16(17)18(13)14;1-2/h1-11H,19H2;1-2H3. The molecule has 1 heteroatoms. The summed E-state index contributed by atoms with van der Waals surface area (Å²) >= 11 is 0. The van der Waals surface area contributed by atoms with Crippen molar-refractivity contribution in [2.75, 3.05) is 5.73 Å². The number of anilines is 1. The molecule has 0 atom stereocenters. The second-order valence-corrected chi connectivity index (χ2v) is 4.93. The summed E-state index contributed by atoms with van der Waals surface area (Å²) < 4.78 is 0. The zero-order valence-electron chi connectivity index (χ0n) is 12.4. The maximum Gasteiger partial charge on any atom is 0.0314 e. The van der Waals surface area contributed by atoms with Gasteiger partial charge in [0.25, 0.3) is 0 Å². The van der Waals surface area contributed by atoms with Crippen LogP contribution in [0, 0.1) is 0 Å². The van der Waals surface area contributed by atoms with E-state index in [-0.39, 0.29) is 0 Å². The molecule has 0 heterocycles. The Kier molecular flexibility index (Phi) is 3.49. The van der Waals surface area contributed by atoms with E-state index in [1.54, 1.807) is 0 Å². The van der Waals surface area contributed by atoms with Crippen LogP contribution in [0.15, 0.2) is 60.7 Å². The number of hydrogen-bond donors (Lipinski definition) is 1. The van der Waals surface area contributed by atoms with Gasteiger partial charge in [-0.25, -0.2) is 0 Å². The monoisotopic (exact) mass is 273 g/mol. The molecule has 3 aromatic rings. The van der Waals surface area contributed by atoms with Crippen LogP contribution >= 0.6 is 0 Å². The molecule has 1 aliphatic rings. The average Bonchev–Trinajstić information content (AvgIpc) is 2.92. The van der Waals surface area contributed by atoms with E-state index < -0.39 is 0 Å². The fourth-order valence-corrected chi connectivity index (χ4v) is 2.85. The van der Waals surface area contributed by atoms with Crippen molar-refractivity contribution in [2.24, 2.45) is 0 Å². The minimum Gasteiger partial charge on any atom is -0.399 e. The molecule has 0 aliphatic heterocycles. The van der Waals surface area contributed by atoms with Gasteiger partial charge < -0.3 is 5.73 Å². The third kappa shape index (κ3) is 2.21. The molecular weight excluding hydrogens is 254 g/mol. The maximum atomic E-state index is 5.77. The molecule has 1 nitrogen and oxygen atoms in total. The van der Waals surface area contributed by atoms with Crippen LogP contribution in [0.4, 0.5) is 5.69 Å². The Hall–Kier alpha value is -2.54. The topological polar surface area (TPSA) is 26.0 Å². The van der Waals surface area contributed by atoms with E-state index in [9.17, 15) is 0 Å². The Labute approximate surface area is 125 Å². The normalized spacial score (nSPS) is 11.8. The van der Waals surface area contributed by atoms with E-state index in [1.807, 2.05) is 26.0 Å². The molecular formula is C20H19N. The smallest absolute Gasteiger partial charge is 0.0314 e. The van der Waals surface area contributed by atoms with Gasteiger partial charge in [0.2, 0.25) is 0 Å². The van der Waals surface area contributed by atoms with Gasteiger partial charge in [0, 0.05) is 5.69 Å². The molecule has 3 aromatic carbocycles. The van der Waals surface area contributed by atoms with Crippen molar-refractivity contribution >= 4 is 28.1 Å². The van der Waals surface area contributed by atoms with Crippen molar-refractivity contribution < 1.29 is 0 Å². The summed E-state index contributed by atoms with van der Waals surface area (Å²) in [7, 11) is 0. The minimum atomic E-state index is 0.804. The highest BCUT2D eigenvalue weighted by Crippen LogP contribution is 2.39. The molecule has 0 saturated carbocycles. The molecule has 0 aromatic heterocycles. The van der Waals surface area contributed by atoms with Crippen molar-refractivity contribution in [2.45, 2.75) is 13.8 Å². The van der Waals surface area contributed by atoms with E-state index in [2.05, 4.69) is 54.6 Å². The molecule has 21 heavy (non-hydrogen) atoms. The Bertz CT molecular complexity index is 806. The summed E-state index contributed by atoms with van der Waals surface area (Å²) in [6.07, 6.45) is 2.27. The summed E-state index contributed by atoms with van der Waals surface area (Å²) in [6.45, 7) is 4.00. The lowest BCUT2D eigenvalue weighted by Crippen LogP contribution is -1.87. The van der Waals surface area contributed by atoms with Gasteiger partial charge in [-0.1, -0.05) is 62.4 Å². The summed E-state index contributed by atoms with van der Waals surface area (Å²) in [4.78, 5) is 0. The Morgan fingerprint density at radius 1 is 0.762 bits per heavy atom. The summed E-state index contributed by atoms with van der Waals surface area (Å²) in [5.41, 5.74) is 11.7. The van der Waals surface area contributed by atoms with Gasteiger partial charge in [0.15, 0.2) is 0 Å². The van der Waals surface area contributed by atoms with Crippen LogP contribution in [0.2, 0.25) is 0 Å². The van der Waals surface area contributed by atoms with Crippen molar-refractivity contribution in [1.29, 1.82) is 0 Å². The Balaban J connectivity index is 0.000000636. The first-order chi connectivity index (χ1) is 10.3. The lowest BCUT2D eigenvalue weighted by atomic mass is 9.98. The van der Waals surface area contributed by atoms with Crippen LogP contribution in [0.3, 0.4) is 0 Å². The molecule has 0 saturated heterocycles. The Morgan fingerprint density at radius 3 is 2.14 bits per heavy atom. The second-order valence-electron chi connectivity index (χ2n) is 4.93. The highest BCUT2D eigenvalue weighted by atomic mass is 14.5. The molecule has 1 aliphatic carbocycles. The van der Waals surface area contributed by atoms with Gasteiger partial charge >= 0.3 is 0 Å². The van der Waals surface area contributed by atoms with Crippen LogP contribution < -0.4 is 5.73 Å². The molecule has 0 unspecified atom stereocenters. The van der Waals surface area contributed by atoms with Crippen LogP contribution in [0.25, 0.3) is 22.4 Å². The predicted octanol–water partition coefficient (Wildman–Crippen LogP) is 5.35. The van der Waals surface area contributed by atoms with E-state index in [1.165, 1.54) is 33.0 Å². The zero-order valence-corrected chi connectivity index (χ0v) is 12.4. The van der Waals surface area contributed by atoms with Crippen molar-refractivity contribution in [3.05, 3.63) is 77.4 Å². The molecule has 0 fully saturated rings. The summed E-state index contributed by atoms with van der Waals surface area (Å²) in [5, 5.41) is 2.66. The first-order valence-corrected chi connectivity index (χ1v) is 7.43. The van der Waals surface area contributed by atoms with E-state index in [0.29, 0.717) is 0 Å². The summed E-state index contributed by atoms with van der Waals surface area (Å²) in [6, 6.07) is 21.0. The van der Waals surface area contributed by atoms with Crippen molar-refractivity contribution in [3.8, 4) is 0 Å². The lowest BCUT2D eigenvalue weighted by Gasteiger charge is -2.06. The van der Waals surface area contributed by atoms with Gasteiger partial charge in [-0.2, -0.15) is 0 Å². The van der Waals surface area contributed by atoms with Gasteiger partial charge in [0.1, 0.15) is 0 Å². The maximum absolute atomic E-state index is 5.77. The average molecular weight is 273 g/mol. The largest absolute Gasteiger partial charge is 0.399 e. The molecule has 0 bridgehead atoms. The zero-order chi connectivity index (χ0) is 14.8. The third-order valence-corrected chi connectivity index (χ3v) is 3.75.